The van der Waals surface area contributed by atoms with Gasteiger partial charge in [-0.1, -0.05) is 25.4 Å². The van der Waals surface area contributed by atoms with Gasteiger partial charge in [-0.05, 0) is 32.4 Å². The number of rotatable bonds is 4. The maximum absolute atomic E-state index is 12.1. The Balaban J connectivity index is 2.14. The van der Waals surface area contributed by atoms with Crippen molar-refractivity contribution < 1.29 is 0 Å². The van der Waals surface area contributed by atoms with Crippen LogP contribution < -0.4 is 10.9 Å². The molecule has 0 bridgehead atoms. The molecule has 1 N–H and O–H groups in total. The number of hydrogen-bond acceptors (Lipinski definition) is 4. The summed E-state index contributed by atoms with van der Waals surface area (Å²) in [4.78, 5) is 14.4. The van der Waals surface area contributed by atoms with E-state index < -0.39 is 0 Å². The second-order valence-electron chi connectivity index (χ2n) is 5.68. The smallest absolute Gasteiger partial charge is 0.287 e. The van der Waals surface area contributed by atoms with E-state index in [4.69, 9.17) is 11.6 Å². The van der Waals surface area contributed by atoms with Gasteiger partial charge in [0.25, 0.3) is 5.56 Å². The molecule has 2 atom stereocenters. The van der Waals surface area contributed by atoms with E-state index in [2.05, 4.69) is 29.3 Å². The number of halogens is 1. The number of anilines is 1. The third-order valence-corrected chi connectivity index (χ3v) is 4.23. The fourth-order valence-corrected chi connectivity index (χ4v) is 2.91. The number of nitrogens with one attached hydrogen (secondary N) is 1. The van der Waals surface area contributed by atoms with E-state index in [1.165, 1.54) is 4.68 Å². The van der Waals surface area contributed by atoms with Gasteiger partial charge in [0.2, 0.25) is 0 Å². The molecule has 2 unspecified atom stereocenters. The second kappa shape index (κ2) is 6.59. The standard InChI is InChI=1S/C14H23ClN4O/c1-4-6-19-14(20)13(15)12(8-16-19)17-11-5-7-18(3)9-10(11)2/h8,10-11,17H,4-7,9H2,1-3H3. The monoisotopic (exact) mass is 298 g/mol. The molecule has 1 aromatic rings. The normalized spacial score (nSPS) is 23.8. The summed E-state index contributed by atoms with van der Waals surface area (Å²) in [5, 5.41) is 7.83. The zero-order valence-corrected chi connectivity index (χ0v) is 13.2. The van der Waals surface area contributed by atoms with Gasteiger partial charge < -0.3 is 10.2 Å². The Labute approximate surface area is 124 Å². The first-order valence-electron chi connectivity index (χ1n) is 7.23. The first kappa shape index (κ1) is 15.3. The molecule has 0 spiro atoms. The highest BCUT2D eigenvalue weighted by atomic mass is 35.5. The number of likely N-dealkylation sites (tertiary alicyclic amines) is 1. The van der Waals surface area contributed by atoms with Crippen LogP contribution in [0.5, 0.6) is 0 Å². The molecule has 1 aliphatic rings. The highest BCUT2D eigenvalue weighted by Gasteiger charge is 2.25. The van der Waals surface area contributed by atoms with Crippen LogP contribution in [0.15, 0.2) is 11.0 Å². The predicted octanol–water partition coefficient (Wildman–Crippen LogP) is 2.06. The summed E-state index contributed by atoms with van der Waals surface area (Å²) in [6.07, 6.45) is 3.58. The maximum atomic E-state index is 12.1. The Hall–Kier alpha value is -1.07. The minimum Gasteiger partial charge on any atom is -0.379 e. The molecular weight excluding hydrogens is 276 g/mol. The van der Waals surface area contributed by atoms with Crippen molar-refractivity contribution in [3.05, 3.63) is 21.6 Å². The van der Waals surface area contributed by atoms with Crippen LogP contribution in [0, 0.1) is 5.92 Å². The van der Waals surface area contributed by atoms with Crippen LogP contribution in [-0.4, -0.2) is 40.9 Å². The molecule has 0 aliphatic carbocycles. The lowest BCUT2D eigenvalue weighted by molar-refractivity contribution is 0.206. The van der Waals surface area contributed by atoms with Crippen LogP contribution in [-0.2, 0) is 6.54 Å². The summed E-state index contributed by atoms with van der Waals surface area (Å²) in [7, 11) is 2.13. The second-order valence-corrected chi connectivity index (χ2v) is 6.06. The van der Waals surface area contributed by atoms with Crippen molar-refractivity contribution >= 4 is 17.3 Å². The molecule has 1 saturated heterocycles. The van der Waals surface area contributed by atoms with Gasteiger partial charge in [-0.25, -0.2) is 4.68 Å². The Bertz CT molecular complexity index is 516. The molecule has 0 amide bonds. The van der Waals surface area contributed by atoms with Crippen LogP contribution in [0.4, 0.5) is 5.69 Å². The van der Waals surface area contributed by atoms with Gasteiger partial charge in [0, 0.05) is 19.1 Å². The van der Waals surface area contributed by atoms with E-state index in [0.717, 1.165) is 25.9 Å². The van der Waals surface area contributed by atoms with E-state index in [1.54, 1.807) is 6.20 Å². The van der Waals surface area contributed by atoms with Crippen molar-refractivity contribution in [1.82, 2.24) is 14.7 Å². The number of hydrogen-bond donors (Lipinski definition) is 1. The van der Waals surface area contributed by atoms with Gasteiger partial charge in [-0.3, -0.25) is 4.79 Å². The lowest BCUT2D eigenvalue weighted by Crippen LogP contribution is -2.43. The first-order valence-corrected chi connectivity index (χ1v) is 7.61. The summed E-state index contributed by atoms with van der Waals surface area (Å²) < 4.78 is 1.42. The quantitative estimate of drug-likeness (QED) is 0.924. The zero-order valence-electron chi connectivity index (χ0n) is 12.4. The van der Waals surface area contributed by atoms with Crippen LogP contribution in [0.2, 0.25) is 5.02 Å². The lowest BCUT2D eigenvalue weighted by atomic mass is 9.94. The Kier molecular flexibility index (Phi) is 5.05. The molecule has 0 radical (unpaired) electrons. The molecule has 0 saturated carbocycles. The topological polar surface area (TPSA) is 50.2 Å². The molecular formula is C14H23ClN4O. The van der Waals surface area contributed by atoms with E-state index in [0.29, 0.717) is 24.2 Å². The lowest BCUT2D eigenvalue weighted by Gasteiger charge is -2.35. The molecule has 5 nitrogen and oxygen atoms in total. The molecule has 6 heteroatoms. The summed E-state index contributed by atoms with van der Waals surface area (Å²) >= 11 is 6.18. The minimum absolute atomic E-state index is 0.209. The van der Waals surface area contributed by atoms with Gasteiger partial charge in [-0.2, -0.15) is 5.10 Å². The van der Waals surface area contributed by atoms with E-state index >= 15 is 0 Å². The zero-order chi connectivity index (χ0) is 14.7. The maximum Gasteiger partial charge on any atom is 0.287 e. The van der Waals surface area contributed by atoms with Gasteiger partial charge in [0.05, 0.1) is 11.9 Å². The third kappa shape index (κ3) is 3.33. The molecule has 20 heavy (non-hydrogen) atoms. The molecule has 1 fully saturated rings. The van der Waals surface area contributed by atoms with Crippen molar-refractivity contribution in [2.45, 2.75) is 39.3 Å². The molecule has 1 aromatic heterocycles. The summed E-state index contributed by atoms with van der Waals surface area (Å²) in [5.41, 5.74) is 0.449. The van der Waals surface area contributed by atoms with Crippen molar-refractivity contribution in [1.29, 1.82) is 0 Å². The minimum atomic E-state index is -0.209. The number of aromatic nitrogens is 2. The molecule has 112 valence electrons. The number of aryl methyl sites for hydroxylation is 1. The van der Waals surface area contributed by atoms with Gasteiger partial charge in [0.1, 0.15) is 5.02 Å². The molecule has 1 aliphatic heterocycles. The Morgan fingerprint density at radius 3 is 2.95 bits per heavy atom. The SMILES string of the molecule is CCCn1ncc(NC2CCN(C)CC2C)c(Cl)c1=O. The van der Waals surface area contributed by atoms with Crippen molar-refractivity contribution in [3.8, 4) is 0 Å². The Morgan fingerprint density at radius 1 is 1.55 bits per heavy atom. The molecule has 2 rings (SSSR count). The summed E-state index contributed by atoms with van der Waals surface area (Å²) in [5.74, 6) is 0.517. The fraction of sp³-hybridized carbons (Fsp3) is 0.714. The van der Waals surface area contributed by atoms with Crippen molar-refractivity contribution in [2.24, 2.45) is 5.92 Å². The van der Waals surface area contributed by atoms with Gasteiger partial charge in [0.15, 0.2) is 0 Å². The van der Waals surface area contributed by atoms with Crippen LogP contribution in [0.3, 0.4) is 0 Å². The van der Waals surface area contributed by atoms with Crippen LogP contribution in [0.25, 0.3) is 0 Å². The van der Waals surface area contributed by atoms with Crippen LogP contribution in [0.1, 0.15) is 26.7 Å². The summed E-state index contributed by atoms with van der Waals surface area (Å²) in [6, 6.07) is 0.340. The van der Waals surface area contributed by atoms with E-state index in [1.807, 2.05) is 6.92 Å². The third-order valence-electron chi connectivity index (χ3n) is 3.87. The number of piperidine rings is 1. The van der Waals surface area contributed by atoms with E-state index in [-0.39, 0.29) is 10.6 Å². The summed E-state index contributed by atoms with van der Waals surface area (Å²) in [6.45, 7) is 6.93. The van der Waals surface area contributed by atoms with Crippen molar-refractivity contribution in [2.75, 3.05) is 25.5 Å². The average Bonchev–Trinajstić information content (AvgIpc) is 2.41. The largest absolute Gasteiger partial charge is 0.379 e. The van der Waals surface area contributed by atoms with Crippen molar-refractivity contribution in [3.63, 3.8) is 0 Å². The van der Waals surface area contributed by atoms with E-state index in [9.17, 15) is 4.79 Å². The average molecular weight is 299 g/mol. The highest BCUT2D eigenvalue weighted by molar-refractivity contribution is 6.32. The first-order chi connectivity index (χ1) is 9.52. The Morgan fingerprint density at radius 2 is 2.30 bits per heavy atom. The predicted molar refractivity (Wildman–Crippen MR) is 82.5 cm³/mol. The molecule has 2 heterocycles. The highest BCUT2D eigenvalue weighted by Crippen LogP contribution is 2.23. The number of nitrogens with zero attached hydrogens (tertiary/aromatic N) is 3. The van der Waals surface area contributed by atoms with Gasteiger partial charge in [-0.15, -0.1) is 0 Å². The fourth-order valence-electron chi connectivity index (χ4n) is 2.71. The molecule has 0 aromatic carbocycles. The van der Waals surface area contributed by atoms with Gasteiger partial charge >= 0.3 is 0 Å². The van der Waals surface area contributed by atoms with Crippen LogP contribution >= 0.6 is 11.6 Å².